The van der Waals surface area contributed by atoms with Crippen molar-refractivity contribution in [2.75, 3.05) is 33.4 Å². The summed E-state index contributed by atoms with van der Waals surface area (Å²) in [5, 5.41) is 3.58. The summed E-state index contributed by atoms with van der Waals surface area (Å²) in [4.78, 5) is 14.2. The zero-order valence-electron chi connectivity index (χ0n) is 11.5. The lowest BCUT2D eigenvalue weighted by Crippen LogP contribution is -2.45. The molecule has 2 aliphatic rings. The normalized spacial score (nSPS) is 28.6. The van der Waals surface area contributed by atoms with Crippen molar-refractivity contribution < 1.29 is 9.53 Å². The largest absolute Gasteiger partial charge is 0.385 e. The smallest absolute Gasteiger partial charge is 0.222 e. The number of amides is 1. The van der Waals surface area contributed by atoms with E-state index in [-0.39, 0.29) is 0 Å². The molecule has 4 heteroatoms. The average Bonchev–Trinajstić information content (AvgIpc) is 2.93. The summed E-state index contributed by atoms with van der Waals surface area (Å²) in [5.74, 6) is 0.988. The van der Waals surface area contributed by atoms with Gasteiger partial charge in [-0.25, -0.2) is 0 Å². The van der Waals surface area contributed by atoms with Crippen molar-refractivity contribution >= 4 is 5.91 Å². The van der Waals surface area contributed by atoms with Crippen molar-refractivity contribution in [2.45, 2.75) is 44.6 Å². The Bertz CT molecular complexity index is 265. The number of nitrogens with one attached hydrogen (secondary N) is 1. The molecule has 4 nitrogen and oxygen atoms in total. The number of carbonyl (C=O) groups is 1. The number of ether oxygens (including phenoxy) is 1. The van der Waals surface area contributed by atoms with Crippen molar-refractivity contribution in [1.29, 1.82) is 0 Å². The van der Waals surface area contributed by atoms with E-state index >= 15 is 0 Å². The first-order chi connectivity index (χ1) is 8.81. The van der Waals surface area contributed by atoms with Gasteiger partial charge >= 0.3 is 0 Å². The van der Waals surface area contributed by atoms with Gasteiger partial charge in [0.15, 0.2) is 0 Å². The van der Waals surface area contributed by atoms with E-state index in [9.17, 15) is 4.79 Å². The van der Waals surface area contributed by atoms with Crippen molar-refractivity contribution in [3.63, 3.8) is 0 Å². The predicted octanol–water partition coefficient (Wildman–Crippen LogP) is 1.40. The molecule has 0 saturated carbocycles. The molecule has 2 saturated heterocycles. The van der Waals surface area contributed by atoms with Gasteiger partial charge in [-0.15, -0.1) is 0 Å². The summed E-state index contributed by atoms with van der Waals surface area (Å²) in [5.41, 5.74) is 0. The molecule has 0 aromatic carbocycles. The lowest BCUT2D eigenvalue weighted by molar-refractivity contribution is -0.133. The molecule has 2 heterocycles. The molecule has 2 fully saturated rings. The van der Waals surface area contributed by atoms with Crippen molar-refractivity contribution in [2.24, 2.45) is 5.92 Å². The van der Waals surface area contributed by atoms with Gasteiger partial charge in [0, 0.05) is 39.3 Å². The van der Waals surface area contributed by atoms with Crippen LogP contribution < -0.4 is 5.32 Å². The lowest BCUT2D eigenvalue weighted by atomic mass is 9.89. The molecular formula is C14H26N2O2. The van der Waals surface area contributed by atoms with Crippen LogP contribution in [0.5, 0.6) is 0 Å². The third-order valence-electron chi connectivity index (χ3n) is 4.22. The number of hydrogen-bond donors (Lipinski definition) is 1. The standard InChI is InChI=1S/C14H26N2O2/c1-18-10-4-7-14(17)16-9-3-5-12(11-16)13-6-2-8-15-13/h12-13,15H,2-11H2,1H3. The molecule has 0 spiro atoms. The van der Waals surface area contributed by atoms with Crippen molar-refractivity contribution in [1.82, 2.24) is 10.2 Å². The van der Waals surface area contributed by atoms with E-state index in [1.807, 2.05) is 0 Å². The Morgan fingerprint density at radius 2 is 2.28 bits per heavy atom. The van der Waals surface area contributed by atoms with Gasteiger partial charge in [-0.3, -0.25) is 4.79 Å². The Labute approximate surface area is 110 Å². The number of piperidine rings is 1. The highest BCUT2D eigenvalue weighted by atomic mass is 16.5. The summed E-state index contributed by atoms with van der Waals surface area (Å²) < 4.78 is 5.00. The number of rotatable bonds is 5. The Balaban J connectivity index is 1.76. The van der Waals surface area contributed by atoms with E-state index in [0.717, 1.165) is 26.1 Å². The molecule has 2 aliphatic heterocycles. The molecule has 2 atom stereocenters. The van der Waals surface area contributed by atoms with Gasteiger partial charge in [0.05, 0.1) is 0 Å². The fourth-order valence-electron chi connectivity index (χ4n) is 3.20. The molecule has 0 aromatic heterocycles. The van der Waals surface area contributed by atoms with Gasteiger partial charge in [-0.2, -0.15) is 0 Å². The van der Waals surface area contributed by atoms with Crippen LogP contribution in [-0.2, 0) is 9.53 Å². The minimum absolute atomic E-state index is 0.315. The highest BCUT2D eigenvalue weighted by molar-refractivity contribution is 5.76. The number of hydrogen-bond acceptors (Lipinski definition) is 3. The maximum absolute atomic E-state index is 12.1. The van der Waals surface area contributed by atoms with Crippen LogP contribution >= 0.6 is 0 Å². The van der Waals surface area contributed by atoms with Crippen molar-refractivity contribution in [3.05, 3.63) is 0 Å². The number of nitrogens with zero attached hydrogens (tertiary/aromatic N) is 1. The first-order valence-electron chi connectivity index (χ1n) is 7.31. The number of methoxy groups -OCH3 is 1. The van der Waals surface area contributed by atoms with E-state index < -0.39 is 0 Å². The van der Waals surface area contributed by atoms with Gasteiger partial charge in [0.2, 0.25) is 5.91 Å². The Morgan fingerprint density at radius 3 is 3.00 bits per heavy atom. The molecule has 1 amide bonds. The molecule has 0 aromatic rings. The second-order valence-electron chi connectivity index (χ2n) is 5.54. The fourth-order valence-corrected chi connectivity index (χ4v) is 3.20. The van der Waals surface area contributed by atoms with Gasteiger partial charge < -0.3 is 15.0 Å². The maximum atomic E-state index is 12.1. The average molecular weight is 254 g/mol. The Hall–Kier alpha value is -0.610. The monoisotopic (exact) mass is 254 g/mol. The summed E-state index contributed by atoms with van der Waals surface area (Å²) in [6.45, 7) is 3.76. The van der Waals surface area contributed by atoms with Crippen LogP contribution in [0.2, 0.25) is 0 Å². The molecule has 18 heavy (non-hydrogen) atoms. The van der Waals surface area contributed by atoms with Crippen LogP contribution in [-0.4, -0.2) is 50.2 Å². The van der Waals surface area contributed by atoms with Gasteiger partial charge in [0.1, 0.15) is 0 Å². The highest BCUT2D eigenvalue weighted by Crippen LogP contribution is 2.25. The minimum atomic E-state index is 0.315. The lowest BCUT2D eigenvalue weighted by Gasteiger charge is -2.36. The molecule has 2 unspecified atom stereocenters. The topological polar surface area (TPSA) is 41.6 Å². The molecular weight excluding hydrogens is 228 g/mol. The first-order valence-corrected chi connectivity index (χ1v) is 7.31. The van der Waals surface area contributed by atoms with Gasteiger partial charge in [-0.05, 0) is 44.6 Å². The first kappa shape index (κ1) is 13.8. The fraction of sp³-hybridized carbons (Fsp3) is 0.929. The highest BCUT2D eigenvalue weighted by Gasteiger charge is 2.30. The second-order valence-corrected chi connectivity index (χ2v) is 5.54. The Morgan fingerprint density at radius 1 is 1.39 bits per heavy atom. The molecule has 2 rings (SSSR count). The zero-order chi connectivity index (χ0) is 12.8. The molecule has 0 radical (unpaired) electrons. The summed E-state index contributed by atoms with van der Waals surface area (Å²) >= 11 is 0. The van der Waals surface area contributed by atoms with E-state index in [4.69, 9.17) is 4.74 Å². The molecule has 0 bridgehead atoms. The second kappa shape index (κ2) is 7.10. The van der Waals surface area contributed by atoms with Crippen LogP contribution in [0.1, 0.15) is 38.5 Å². The van der Waals surface area contributed by atoms with Crippen LogP contribution in [0.15, 0.2) is 0 Å². The van der Waals surface area contributed by atoms with Crippen LogP contribution in [0.4, 0.5) is 0 Å². The van der Waals surface area contributed by atoms with Crippen LogP contribution in [0.3, 0.4) is 0 Å². The molecule has 0 aliphatic carbocycles. The van der Waals surface area contributed by atoms with Crippen molar-refractivity contribution in [3.8, 4) is 0 Å². The minimum Gasteiger partial charge on any atom is -0.385 e. The quantitative estimate of drug-likeness (QED) is 0.754. The van der Waals surface area contributed by atoms with E-state index in [0.29, 0.717) is 30.9 Å². The summed E-state index contributed by atoms with van der Waals surface area (Å²) in [7, 11) is 1.69. The van der Waals surface area contributed by atoms with Crippen LogP contribution in [0, 0.1) is 5.92 Å². The third-order valence-corrected chi connectivity index (χ3v) is 4.22. The molecule has 1 N–H and O–H groups in total. The zero-order valence-corrected chi connectivity index (χ0v) is 11.5. The molecule has 104 valence electrons. The number of likely N-dealkylation sites (tertiary alicyclic amines) is 1. The summed E-state index contributed by atoms with van der Waals surface area (Å²) in [6, 6.07) is 0.652. The summed E-state index contributed by atoms with van der Waals surface area (Å²) in [6.07, 6.45) is 6.51. The van der Waals surface area contributed by atoms with E-state index in [1.165, 1.54) is 25.7 Å². The predicted molar refractivity (Wildman–Crippen MR) is 71.4 cm³/mol. The van der Waals surface area contributed by atoms with Gasteiger partial charge in [0.25, 0.3) is 0 Å². The SMILES string of the molecule is COCCCC(=O)N1CCCC(C2CCCN2)C1. The van der Waals surface area contributed by atoms with Crippen LogP contribution in [0.25, 0.3) is 0 Å². The third kappa shape index (κ3) is 3.69. The van der Waals surface area contributed by atoms with Gasteiger partial charge in [-0.1, -0.05) is 0 Å². The number of carbonyl (C=O) groups excluding carboxylic acids is 1. The van der Waals surface area contributed by atoms with E-state index in [1.54, 1.807) is 7.11 Å². The maximum Gasteiger partial charge on any atom is 0.222 e. The Kier molecular flexibility index (Phi) is 5.45. The van der Waals surface area contributed by atoms with E-state index in [2.05, 4.69) is 10.2 Å².